The third kappa shape index (κ3) is 2.96. The van der Waals surface area contributed by atoms with Gasteiger partial charge in [0.05, 0.1) is 5.56 Å². The number of aromatic hydroxyl groups is 1. The van der Waals surface area contributed by atoms with Crippen molar-refractivity contribution in [2.45, 2.75) is 12.4 Å². The summed E-state index contributed by atoms with van der Waals surface area (Å²) >= 11 is 0. The van der Waals surface area contributed by atoms with E-state index in [1.54, 1.807) is 6.07 Å². The second-order valence-corrected chi connectivity index (χ2v) is 4.25. The Bertz CT molecular complexity index is 643. The summed E-state index contributed by atoms with van der Waals surface area (Å²) in [7, 11) is 0. The number of phenolic OH excluding ortho intramolecular Hbond substituents is 1. The first-order valence-corrected chi connectivity index (χ1v) is 5.68. The normalized spacial score (nSPS) is 12.5. The van der Waals surface area contributed by atoms with E-state index in [0.29, 0.717) is 12.1 Å². The molecule has 112 valence electrons. The van der Waals surface area contributed by atoms with Crippen LogP contribution in [0, 0.1) is 0 Å². The Morgan fingerprint density at radius 2 is 1.29 bits per heavy atom. The van der Waals surface area contributed by atoms with Crippen molar-refractivity contribution in [2.75, 3.05) is 0 Å². The molecule has 0 aromatic heterocycles. The molecule has 0 unspecified atom stereocenters. The number of hydrogen-bond acceptors (Lipinski definition) is 1. The van der Waals surface area contributed by atoms with Crippen molar-refractivity contribution in [1.82, 2.24) is 0 Å². The molecule has 0 fully saturated rings. The maximum absolute atomic E-state index is 13.0. The highest BCUT2D eigenvalue weighted by Crippen LogP contribution is 2.47. The molecule has 0 amide bonds. The number of hydrogen-bond donors (Lipinski definition) is 1. The molecule has 0 bridgehead atoms. The highest BCUT2D eigenvalue weighted by molar-refractivity contribution is 5.72. The summed E-state index contributed by atoms with van der Waals surface area (Å²) in [5.74, 6) is -1.81. The van der Waals surface area contributed by atoms with Crippen LogP contribution >= 0.6 is 0 Å². The lowest BCUT2D eigenvalue weighted by atomic mass is 9.95. The molecule has 7 heteroatoms. The van der Waals surface area contributed by atoms with Crippen LogP contribution in [0.3, 0.4) is 0 Å². The van der Waals surface area contributed by atoms with Crippen molar-refractivity contribution < 1.29 is 31.4 Å². The minimum absolute atomic E-state index is 0.0637. The van der Waals surface area contributed by atoms with E-state index in [1.807, 2.05) is 0 Å². The summed E-state index contributed by atoms with van der Waals surface area (Å²) in [5, 5.41) is 9.46. The summed E-state index contributed by atoms with van der Waals surface area (Å²) in [6.07, 6.45) is -10.2. The van der Waals surface area contributed by atoms with E-state index in [1.165, 1.54) is 24.3 Å². The number of alkyl halides is 6. The zero-order valence-electron chi connectivity index (χ0n) is 10.3. The predicted octanol–water partition coefficient (Wildman–Crippen LogP) is 5.10. The van der Waals surface area contributed by atoms with Crippen molar-refractivity contribution in [3.63, 3.8) is 0 Å². The van der Waals surface area contributed by atoms with E-state index < -0.39 is 34.8 Å². The summed E-state index contributed by atoms with van der Waals surface area (Å²) in [6.45, 7) is 0. The quantitative estimate of drug-likeness (QED) is 0.727. The van der Waals surface area contributed by atoms with Gasteiger partial charge in [-0.3, -0.25) is 0 Å². The number of halogens is 6. The third-order valence-electron chi connectivity index (χ3n) is 2.85. The summed E-state index contributed by atoms with van der Waals surface area (Å²) in [5.41, 5.74) is -3.85. The highest BCUT2D eigenvalue weighted by Gasteiger charge is 2.43. The second-order valence-electron chi connectivity index (χ2n) is 4.25. The molecule has 0 aliphatic heterocycles. The van der Waals surface area contributed by atoms with Crippen molar-refractivity contribution in [3.8, 4) is 16.9 Å². The van der Waals surface area contributed by atoms with Crippen LogP contribution in [-0.4, -0.2) is 5.11 Å². The molecule has 2 aromatic carbocycles. The highest BCUT2D eigenvalue weighted by atomic mass is 19.4. The first-order chi connectivity index (χ1) is 9.62. The molecule has 0 saturated carbocycles. The molecule has 2 aromatic rings. The molecule has 0 atom stereocenters. The largest absolute Gasteiger partial charge is 0.507 e. The van der Waals surface area contributed by atoms with Gasteiger partial charge in [-0.15, -0.1) is 0 Å². The van der Waals surface area contributed by atoms with Crippen molar-refractivity contribution in [3.05, 3.63) is 53.6 Å². The molecule has 0 radical (unpaired) electrons. The molecule has 0 aliphatic rings. The van der Waals surface area contributed by atoms with Crippen molar-refractivity contribution >= 4 is 0 Å². The van der Waals surface area contributed by atoms with Crippen LogP contribution in [0.15, 0.2) is 42.5 Å². The molecule has 0 aliphatic carbocycles. The van der Waals surface area contributed by atoms with Gasteiger partial charge in [-0.2, -0.15) is 26.3 Å². The number of phenols is 1. The lowest BCUT2D eigenvalue weighted by Crippen LogP contribution is -2.13. The van der Waals surface area contributed by atoms with E-state index in [2.05, 4.69) is 0 Å². The zero-order valence-corrected chi connectivity index (χ0v) is 10.3. The Kier molecular flexibility index (Phi) is 3.61. The van der Waals surface area contributed by atoms with E-state index in [-0.39, 0.29) is 5.56 Å². The van der Waals surface area contributed by atoms with E-state index >= 15 is 0 Å². The smallest absolute Gasteiger partial charge is 0.420 e. The minimum Gasteiger partial charge on any atom is -0.507 e. The van der Waals surface area contributed by atoms with Gasteiger partial charge in [0.1, 0.15) is 11.3 Å². The molecule has 21 heavy (non-hydrogen) atoms. The minimum atomic E-state index is -5.11. The van der Waals surface area contributed by atoms with Crippen molar-refractivity contribution in [2.24, 2.45) is 0 Å². The van der Waals surface area contributed by atoms with Gasteiger partial charge in [-0.05, 0) is 17.2 Å². The Labute approximate surface area is 115 Å². The fraction of sp³-hybridized carbons (Fsp3) is 0.143. The van der Waals surface area contributed by atoms with Crippen LogP contribution in [0.5, 0.6) is 5.75 Å². The van der Waals surface area contributed by atoms with Gasteiger partial charge >= 0.3 is 12.4 Å². The Balaban J connectivity index is 2.77. The Morgan fingerprint density at radius 3 is 1.76 bits per heavy atom. The molecule has 1 N–H and O–H groups in total. The zero-order chi connectivity index (χ0) is 15.8. The van der Waals surface area contributed by atoms with Gasteiger partial charge < -0.3 is 5.11 Å². The molecular formula is C14H8F6O. The summed E-state index contributed by atoms with van der Waals surface area (Å²) in [4.78, 5) is 0. The SMILES string of the molecule is Oc1c(C(F)(F)F)ccc(-c2ccccc2)c1C(F)(F)F. The number of rotatable bonds is 1. The molecule has 0 spiro atoms. The standard InChI is InChI=1S/C14H8F6O/c15-13(16,17)10-7-6-9(8-4-2-1-3-5-8)11(12(10)21)14(18,19)20/h1-7,21H. The van der Waals surface area contributed by atoms with Crippen LogP contribution < -0.4 is 0 Å². The summed E-state index contributed by atoms with van der Waals surface area (Å²) < 4.78 is 77.0. The topological polar surface area (TPSA) is 20.2 Å². The molecule has 0 heterocycles. The number of benzene rings is 2. The summed E-state index contributed by atoms with van der Waals surface area (Å²) in [6, 6.07) is 8.23. The van der Waals surface area contributed by atoms with Gasteiger partial charge in [0, 0.05) is 0 Å². The van der Waals surface area contributed by atoms with E-state index in [4.69, 9.17) is 0 Å². The Hall–Kier alpha value is -2.18. The average Bonchev–Trinajstić information content (AvgIpc) is 2.36. The van der Waals surface area contributed by atoms with Gasteiger partial charge in [-0.1, -0.05) is 36.4 Å². The monoisotopic (exact) mass is 306 g/mol. The first-order valence-electron chi connectivity index (χ1n) is 5.68. The van der Waals surface area contributed by atoms with Gasteiger partial charge in [0.15, 0.2) is 0 Å². The van der Waals surface area contributed by atoms with Crippen LogP contribution in [-0.2, 0) is 12.4 Å². The second kappa shape index (κ2) is 4.98. The lowest BCUT2D eigenvalue weighted by molar-refractivity contribution is -0.145. The van der Waals surface area contributed by atoms with Crippen molar-refractivity contribution in [1.29, 1.82) is 0 Å². The fourth-order valence-corrected chi connectivity index (χ4v) is 1.97. The van der Waals surface area contributed by atoms with Gasteiger partial charge in [0.2, 0.25) is 0 Å². The van der Waals surface area contributed by atoms with Crippen LogP contribution in [0.2, 0.25) is 0 Å². The van der Waals surface area contributed by atoms with E-state index in [9.17, 15) is 31.4 Å². The predicted molar refractivity (Wildman–Crippen MR) is 63.5 cm³/mol. The molecule has 0 saturated heterocycles. The molecule has 1 nitrogen and oxygen atoms in total. The van der Waals surface area contributed by atoms with Gasteiger partial charge in [-0.25, -0.2) is 0 Å². The van der Waals surface area contributed by atoms with Gasteiger partial charge in [0.25, 0.3) is 0 Å². The maximum atomic E-state index is 13.0. The van der Waals surface area contributed by atoms with Crippen LogP contribution in [0.25, 0.3) is 11.1 Å². The fourth-order valence-electron chi connectivity index (χ4n) is 1.97. The first kappa shape index (κ1) is 15.2. The average molecular weight is 306 g/mol. The van der Waals surface area contributed by atoms with Crippen LogP contribution in [0.1, 0.15) is 11.1 Å². The lowest BCUT2D eigenvalue weighted by Gasteiger charge is -2.18. The third-order valence-corrected chi connectivity index (χ3v) is 2.85. The van der Waals surface area contributed by atoms with E-state index in [0.717, 1.165) is 0 Å². The molecule has 2 rings (SSSR count). The molecular weight excluding hydrogens is 298 g/mol. The van der Waals surface area contributed by atoms with Crippen LogP contribution in [0.4, 0.5) is 26.3 Å². The Morgan fingerprint density at radius 1 is 0.714 bits per heavy atom. The maximum Gasteiger partial charge on any atom is 0.420 e.